The summed E-state index contributed by atoms with van der Waals surface area (Å²) in [6, 6.07) is 4.71. The SMILES string of the molecule is CC(C)CNC(=O)CCNC(C)c1ccc(Cl)c(F)c1. The molecule has 3 nitrogen and oxygen atoms in total. The molecule has 20 heavy (non-hydrogen) atoms. The lowest BCUT2D eigenvalue weighted by Crippen LogP contribution is -2.31. The van der Waals surface area contributed by atoms with Crippen molar-refractivity contribution >= 4 is 17.5 Å². The van der Waals surface area contributed by atoms with Crippen LogP contribution in [0, 0.1) is 11.7 Å². The molecule has 1 aromatic rings. The van der Waals surface area contributed by atoms with E-state index in [9.17, 15) is 9.18 Å². The van der Waals surface area contributed by atoms with Crippen LogP contribution in [0.25, 0.3) is 0 Å². The van der Waals surface area contributed by atoms with Gasteiger partial charge in [0.1, 0.15) is 5.82 Å². The molecular formula is C15H22ClFN2O. The molecule has 112 valence electrons. The van der Waals surface area contributed by atoms with Crippen molar-refractivity contribution < 1.29 is 9.18 Å². The lowest BCUT2D eigenvalue weighted by molar-refractivity contribution is -0.121. The Morgan fingerprint density at radius 1 is 1.35 bits per heavy atom. The Morgan fingerprint density at radius 2 is 2.05 bits per heavy atom. The quantitative estimate of drug-likeness (QED) is 0.811. The summed E-state index contributed by atoms with van der Waals surface area (Å²) in [7, 11) is 0. The van der Waals surface area contributed by atoms with Gasteiger partial charge in [-0.2, -0.15) is 0 Å². The van der Waals surface area contributed by atoms with E-state index in [4.69, 9.17) is 11.6 Å². The van der Waals surface area contributed by atoms with Crippen LogP contribution in [0.1, 0.15) is 38.8 Å². The summed E-state index contributed by atoms with van der Waals surface area (Å²) in [5.41, 5.74) is 0.814. The van der Waals surface area contributed by atoms with Gasteiger partial charge in [0.15, 0.2) is 0 Å². The molecular weight excluding hydrogens is 279 g/mol. The van der Waals surface area contributed by atoms with E-state index in [1.54, 1.807) is 12.1 Å². The predicted octanol–water partition coefficient (Wildman–Crippen LogP) is 3.29. The first kappa shape index (κ1) is 16.9. The number of amides is 1. The van der Waals surface area contributed by atoms with Crippen molar-refractivity contribution in [2.75, 3.05) is 13.1 Å². The first-order valence-electron chi connectivity index (χ1n) is 6.85. The highest BCUT2D eigenvalue weighted by molar-refractivity contribution is 6.30. The molecule has 0 bridgehead atoms. The maximum absolute atomic E-state index is 13.3. The second-order valence-electron chi connectivity index (χ2n) is 5.30. The molecule has 5 heteroatoms. The number of hydrogen-bond donors (Lipinski definition) is 2. The Hall–Kier alpha value is -1.13. The van der Waals surface area contributed by atoms with E-state index >= 15 is 0 Å². The van der Waals surface area contributed by atoms with Gasteiger partial charge in [-0.25, -0.2) is 4.39 Å². The van der Waals surface area contributed by atoms with Gasteiger partial charge in [0.05, 0.1) is 5.02 Å². The molecule has 0 aliphatic rings. The smallest absolute Gasteiger partial charge is 0.221 e. The van der Waals surface area contributed by atoms with Gasteiger partial charge in [0.2, 0.25) is 5.91 Å². The Balaban J connectivity index is 2.34. The summed E-state index contributed by atoms with van der Waals surface area (Å²) in [4.78, 5) is 11.5. The van der Waals surface area contributed by atoms with Gasteiger partial charge in [-0.05, 0) is 30.5 Å². The van der Waals surface area contributed by atoms with Crippen LogP contribution in [0.4, 0.5) is 4.39 Å². The van der Waals surface area contributed by atoms with Crippen molar-refractivity contribution in [3.8, 4) is 0 Å². The molecule has 0 saturated carbocycles. The summed E-state index contributed by atoms with van der Waals surface area (Å²) >= 11 is 5.64. The van der Waals surface area contributed by atoms with E-state index in [-0.39, 0.29) is 17.0 Å². The fourth-order valence-electron chi connectivity index (χ4n) is 1.71. The number of benzene rings is 1. The number of carbonyl (C=O) groups excluding carboxylic acids is 1. The largest absolute Gasteiger partial charge is 0.356 e. The third-order valence-corrected chi connectivity index (χ3v) is 3.26. The zero-order valence-electron chi connectivity index (χ0n) is 12.2. The zero-order valence-corrected chi connectivity index (χ0v) is 12.9. The minimum Gasteiger partial charge on any atom is -0.356 e. The van der Waals surface area contributed by atoms with Crippen molar-refractivity contribution in [2.45, 2.75) is 33.2 Å². The average molecular weight is 301 g/mol. The summed E-state index contributed by atoms with van der Waals surface area (Å²) < 4.78 is 13.3. The Bertz CT molecular complexity index is 451. The van der Waals surface area contributed by atoms with E-state index in [1.807, 2.05) is 6.92 Å². The van der Waals surface area contributed by atoms with Gasteiger partial charge in [-0.15, -0.1) is 0 Å². The summed E-state index contributed by atoms with van der Waals surface area (Å²) in [6.07, 6.45) is 0.410. The molecule has 0 spiro atoms. The van der Waals surface area contributed by atoms with Gasteiger partial charge < -0.3 is 10.6 Å². The molecule has 0 radical (unpaired) electrons. The van der Waals surface area contributed by atoms with E-state index in [0.29, 0.717) is 25.4 Å². The van der Waals surface area contributed by atoms with E-state index in [1.165, 1.54) is 6.07 Å². The Kier molecular flexibility index (Phi) is 6.96. The number of carbonyl (C=O) groups is 1. The van der Waals surface area contributed by atoms with Crippen LogP contribution in [0.2, 0.25) is 5.02 Å². The fraction of sp³-hybridized carbons (Fsp3) is 0.533. The van der Waals surface area contributed by atoms with Crippen LogP contribution in [0.15, 0.2) is 18.2 Å². The van der Waals surface area contributed by atoms with Crippen molar-refractivity contribution in [3.63, 3.8) is 0 Å². The van der Waals surface area contributed by atoms with Crippen LogP contribution < -0.4 is 10.6 Å². The molecule has 0 aliphatic heterocycles. The molecule has 1 unspecified atom stereocenters. The third kappa shape index (κ3) is 5.88. The molecule has 1 atom stereocenters. The second kappa shape index (κ2) is 8.22. The van der Waals surface area contributed by atoms with Gasteiger partial charge in [0, 0.05) is 25.6 Å². The lowest BCUT2D eigenvalue weighted by Gasteiger charge is -2.15. The van der Waals surface area contributed by atoms with Gasteiger partial charge >= 0.3 is 0 Å². The van der Waals surface area contributed by atoms with Crippen LogP contribution >= 0.6 is 11.6 Å². The maximum atomic E-state index is 13.3. The number of hydrogen-bond acceptors (Lipinski definition) is 2. The second-order valence-corrected chi connectivity index (χ2v) is 5.70. The molecule has 2 N–H and O–H groups in total. The number of halogens is 2. The minimum absolute atomic E-state index is 0.0281. The lowest BCUT2D eigenvalue weighted by atomic mass is 10.1. The highest BCUT2D eigenvalue weighted by Gasteiger charge is 2.09. The van der Waals surface area contributed by atoms with Gasteiger partial charge in [-0.1, -0.05) is 31.5 Å². The van der Waals surface area contributed by atoms with Gasteiger partial charge in [0.25, 0.3) is 0 Å². The summed E-state index contributed by atoms with van der Waals surface area (Å²) in [5.74, 6) is 0.0519. The summed E-state index contributed by atoms with van der Waals surface area (Å²) in [5, 5.41) is 6.17. The minimum atomic E-state index is -0.424. The molecule has 0 aliphatic carbocycles. The average Bonchev–Trinajstić information content (AvgIpc) is 2.39. The zero-order chi connectivity index (χ0) is 15.1. The Labute approximate surface area is 124 Å². The van der Waals surface area contributed by atoms with Crippen molar-refractivity contribution in [2.24, 2.45) is 5.92 Å². The van der Waals surface area contributed by atoms with E-state index in [0.717, 1.165) is 5.56 Å². The fourth-order valence-corrected chi connectivity index (χ4v) is 1.83. The van der Waals surface area contributed by atoms with Crippen molar-refractivity contribution in [3.05, 3.63) is 34.6 Å². The van der Waals surface area contributed by atoms with E-state index in [2.05, 4.69) is 24.5 Å². The van der Waals surface area contributed by atoms with Crippen LogP contribution in [0.3, 0.4) is 0 Å². The van der Waals surface area contributed by atoms with Crippen LogP contribution in [-0.2, 0) is 4.79 Å². The maximum Gasteiger partial charge on any atom is 0.221 e. The molecule has 1 aromatic carbocycles. The first-order valence-corrected chi connectivity index (χ1v) is 7.23. The monoisotopic (exact) mass is 300 g/mol. The normalized spacial score (nSPS) is 12.5. The van der Waals surface area contributed by atoms with Gasteiger partial charge in [-0.3, -0.25) is 4.79 Å². The standard InChI is InChI=1S/C15H22ClFN2O/c1-10(2)9-19-15(20)6-7-18-11(3)12-4-5-13(16)14(17)8-12/h4-5,8,10-11,18H,6-7,9H2,1-3H3,(H,19,20). The van der Waals surface area contributed by atoms with Crippen molar-refractivity contribution in [1.82, 2.24) is 10.6 Å². The molecule has 0 aromatic heterocycles. The molecule has 1 rings (SSSR count). The molecule has 0 heterocycles. The topological polar surface area (TPSA) is 41.1 Å². The first-order chi connectivity index (χ1) is 9.40. The Morgan fingerprint density at radius 3 is 2.65 bits per heavy atom. The highest BCUT2D eigenvalue weighted by atomic mass is 35.5. The molecule has 1 amide bonds. The van der Waals surface area contributed by atoms with Crippen molar-refractivity contribution in [1.29, 1.82) is 0 Å². The number of rotatable bonds is 7. The summed E-state index contributed by atoms with van der Waals surface area (Å²) in [6.45, 7) is 7.27. The predicted molar refractivity (Wildman–Crippen MR) is 80.3 cm³/mol. The van der Waals surface area contributed by atoms with Crippen LogP contribution in [-0.4, -0.2) is 19.0 Å². The third-order valence-electron chi connectivity index (χ3n) is 2.95. The molecule has 0 fully saturated rings. The highest BCUT2D eigenvalue weighted by Crippen LogP contribution is 2.19. The molecule has 0 saturated heterocycles. The van der Waals surface area contributed by atoms with E-state index < -0.39 is 5.82 Å². The number of nitrogens with one attached hydrogen (secondary N) is 2. The van der Waals surface area contributed by atoms with Crippen LogP contribution in [0.5, 0.6) is 0 Å².